The van der Waals surface area contributed by atoms with Crippen LogP contribution in [0.1, 0.15) is 27.8 Å². The predicted octanol–water partition coefficient (Wildman–Crippen LogP) is 3.57. The quantitative estimate of drug-likeness (QED) is 0.780. The fraction of sp³-hybridized carbons (Fsp3) is 0.381. The van der Waals surface area contributed by atoms with Crippen LogP contribution in [0.5, 0.6) is 0 Å². The highest BCUT2D eigenvalue weighted by molar-refractivity contribution is 7.87. The Morgan fingerprint density at radius 3 is 2.28 bits per heavy atom. The first-order chi connectivity index (χ1) is 13.6. The molecule has 1 heterocycles. The summed E-state index contributed by atoms with van der Waals surface area (Å²) in [6.07, 6.45) is 0. The Bertz CT molecular complexity index is 1030. The average molecular weight is 436 g/mol. The molecule has 0 bridgehead atoms. The van der Waals surface area contributed by atoms with Crippen LogP contribution in [0.25, 0.3) is 0 Å². The van der Waals surface area contributed by atoms with Crippen molar-refractivity contribution in [3.63, 3.8) is 0 Å². The SMILES string of the molecule is Cc1cc(C)c(CN2CCN(CC(=O)Nc3cc(Cl)ccc3C)S2(=O)=O)c(C)c1. The first-order valence-corrected chi connectivity index (χ1v) is 11.2. The van der Waals surface area contributed by atoms with E-state index in [0.717, 1.165) is 27.8 Å². The van der Waals surface area contributed by atoms with Crippen molar-refractivity contribution in [1.82, 2.24) is 8.61 Å². The molecule has 1 fully saturated rings. The van der Waals surface area contributed by atoms with E-state index < -0.39 is 10.2 Å². The maximum atomic E-state index is 12.9. The number of hydrogen-bond acceptors (Lipinski definition) is 3. The summed E-state index contributed by atoms with van der Waals surface area (Å²) in [5.41, 5.74) is 5.76. The van der Waals surface area contributed by atoms with Crippen LogP contribution in [0.4, 0.5) is 5.69 Å². The van der Waals surface area contributed by atoms with Crippen LogP contribution in [-0.2, 0) is 21.5 Å². The Morgan fingerprint density at radius 1 is 1.00 bits per heavy atom. The third kappa shape index (κ3) is 4.80. The summed E-state index contributed by atoms with van der Waals surface area (Å²) in [5.74, 6) is -0.386. The number of amides is 1. The molecule has 1 N–H and O–H groups in total. The van der Waals surface area contributed by atoms with Gasteiger partial charge in [-0.1, -0.05) is 35.4 Å². The summed E-state index contributed by atoms with van der Waals surface area (Å²) < 4.78 is 28.6. The Kier molecular flexibility index (Phi) is 6.33. The Morgan fingerprint density at radius 2 is 1.62 bits per heavy atom. The normalized spacial score (nSPS) is 16.9. The van der Waals surface area contributed by atoms with Crippen molar-refractivity contribution in [3.8, 4) is 0 Å². The van der Waals surface area contributed by atoms with E-state index in [1.54, 1.807) is 18.2 Å². The number of hydrogen-bond donors (Lipinski definition) is 1. The molecule has 1 saturated heterocycles. The maximum Gasteiger partial charge on any atom is 0.282 e. The molecule has 1 amide bonds. The molecule has 2 aromatic rings. The molecular formula is C21H26ClN3O3S. The number of halogens is 1. The summed E-state index contributed by atoms with van der Waals surface area (Å²) in [6.45, 7) is 8.60. The first kappa shape index (κ1) is 21.8. The van der Waals surface area contributed by atoms with Gasteiger partial charge >= 0.3 is 0 Å². The fourth-order valence-corrected chi connectivity index (χ4v) is 5.35. The van der Waals surface area contributed by atoms with Gasteiger partial charge in [-0.15, -0.1) is 0 Å². The zero-order chi connectivity index (χ0) is 21.3. The molecule has 29 heavy (non-hydrogen) atoms. The predicted molar refractivity (Wildman–Crippen MR) is 116 cm³/mol. The number of nitrogens with zero attached hydrogens (tertiary/aromatic N) is 2. The lowest BCUT2D eigenvalue weighted by Gasteiger charge is -2.20. The highest BCUT2D eigenvalue weighted by Crippen LogP contribution is 2.25. The lowest BCUT2D eigenvalue weighted by atomic mass is 10.00. The molecular weight excluding hydrogens is 410 g/mol. The highest BCUT2D eigenvalue weighted by atomic mass is 35.5. The molecule has 2 aromatic carbocycles. The molecule has 1 aliphatic heterocycles. The number of nitrogens with one attached hydrogen (secondary N) is 1. The summed E-state index contributed by atoms with van der Waals surface area (Å²) in [4.78, 5) is 12.5. The standard InChI is InChI=1S/C21H26ClN3O3S/c1-14-9-16(3)19(17(4)10-14)12-24-7-8-25(29(24,27)28)13-21(26)23-20-11-18(22)6-5-15(20)2/h5-6,9-11H,7-8,12-13H2,1-4H3,(H,23,26). The number of benzene rings is 2. The third-order valence-corrected chi connectivity index (χ3v) is 7.38. The van der Waals surface area contributed by atoms with Gasteiger partial charge in [0, 0.05) is 30.3 Å². The molecule has 1 aliphatic rings. The monoisotopic (exact) mass is 435 g/mol. The second-order valence-electron chi connectivity index (χ2n) is 7.56. The minimum atomic E-state index is -3.70. The van der Waals surface area contributed by atoms with E-state index in [2.05, 4.69) is 17.4 Å². The van der Waals surface area contributed by atoms with Crippen molar-refractivity contribution in [3.05, 3.63) is 63.2 Å². The van der Waals surface area contributed by atoms with Gasteiger partial charge in [0.05, 0.1) is 6.54 Å². The van der Waals surface area contributed by atoms with Gasteiger partial charge in [-0.25, -0.2) is 0 Å². The maximum absolute atomic E-state index is 12.9. The smallest absolute Gasteiger partial charge is 0.282 e. The summed E-state index contributed by atoms with van der Waals surface area (Å²) in [7, 11) is -3.70. The number of carbonyl (C=O) groups excluding carboxylic acids is 1. The summed E-state index contributed by atoms with van der Waals surface area (Å²) in [5, 5.41) is 3.27. The van der Waals surface area contributed by atoms with E-state index >= 15 is 0 Å². The van der Waals surface area contributed by atoms with Crippen molar-refractivity contribution < 1.29 is 13.2 Å². The molecule has 0 unspecified atom stereocenters. The molecule has 6 nitrogen and oxygen atoms in total. The molecule has 8 heteroatoms. The van der Waals surface area contributed by atoms with Crippen molar-refractivity contribution >= 4 is 33.4 Å². The van der Waals surface area contributed by atoms with Gasteiger partial charge in [-0.05, 0) is 62.1 Å². The largest absolute Gasteiger partial charge is 0.325 e. The van der Waals surface area contributed by atoms with Gasteiger partial charge in [0.25, 0.3) is 10.2 Å². The molecule has 0 aromatic heterocycles. The van der Waals surface area contributed by atoms with Crippen molar-refractivity contribution in [2.45, 2.75) is 34.2 Å². The summed E-state index contributed by atoms with van der Waals surface area (Å²) >= 11 is 5.98. The molecule has 156 valence electrons. The molecule has 0 saturated carbocycles. The van der Waals surface area contributed by atoms with Gasteiger partial charge in [-0.2, -0.15) is 17.0 Å². The van der Waals surface area contributed by atoms with Crippen LogP contribution in [0.3, 0.4) is 0 Å². The number of aryl methyl sites for hydroxylation is 4. The van der Waals surface area contributed by atoms with E-state index in [0.29, 0.717) is 23.8 Å². The Labute approximate surface area is 177 Å². The first-order valence-electron chi connectivity index (χ1n) is 9.46. The zero-order valence-electron chi connectivity index (χ0n) is 17.1. The second-order valence-corrected chi connectivity index (χ2v) is 9.92. The van der Waals surface area contributed by atoms with E-state index in [9.17, 15) is 13.2 Å². The van der Waals surface area contributed by atoms with Gasteiger partial charge in [0.1, 0.15) is 0 Å². The Balaban J connectivity index is 1.70. The average Bonchev–Trinajstić information content (AvgIpc) is 2.88. The number of rotatable bonds is 5. The zero-order valence-corrected chi connectivity index (χ0v) is 18.7. The van der Waals surface area contributed by atoms with E-state index in [1.165, 1.54) is 8.61 Å². The lowest BCUT2D eigenvalue weighted by molar-refractivity contribution is -0.116. The topological polar surface area (TPSA) is 69.7 Å². The molecule has 3 rings (SSSR count). The van der Waals surface area contributed by atoms with Crippen LogP contribution in [0.15, 0.2) is 30.3 Å². The second kappa shape index (κ2) is 8.44. The van der Waals surface area contributed by atoms with Crippen LogP contribution < -0.4 is 5.32 Å². The lowest BCUT2D eigenvalue weighted by Crippen LogP contribution is -2.38. The number of carbonyl (C=O) groups is 1. The molecule has 0 aliphatic carbocycles. The van der Waals surface area contributed by atoms with Crippen molar-refractivity contribution in [1.29, 1.82) is 0 Å². The van der Waals surface area contributed by atoms with Gasteiger partial charge in [-0.3, -0.25) is 4.79 Å². The van der Waals surface area contributed by atoms with Gasteiger partial charge in [0.2, 0.25) is 5.91 Å². The molecule has 0 atom stereocenters. The minimum Gasteiger partial charge on any atom is -0.325 e. The van der Waals surface area contributed by atoms with E-state index in [4.69, 9.17) is 11.6 Å². The van der Waals surface area contributed by atoms with Crippen molar-refractivity contribution in [2.75, 3.05) is 25.0 Å². The van der Waals surface area contributed by atoms with E-state index in [-0.39, 0.29) is 19.0 Å². The summed E-state index contributed by atoms with van der Waals surface area (Å²) in [6, 6.07) is 9.32. The minimum absolute atomic E-state index is 0.226. The van der Waals surface area contributed by atoms with Crippen LogP contribution in [-0.4, -0.2) is 42.6 Å². The van der Waals surface area contributed by atoms with Crippen LogP contribution >= 0.6 is 11.6 Å². The van der Waals surface area contributed by atoms with E-state index in [1.807, 2.05) is 27.7 Å². The fourth-order valence-electron chi connectivity index (χ4n) is 3.65. The highest BCUT2D eigenvalue weighted by Gasteiger charge is 2.37. The van der Waals surface area contributed by atoms with Gasteiger partial charge in [0.15, 0.2) is 0 Å². The van der Waals surface area contributed by atoms with Gasteiger partial charge < -0.3 is 5.32 Å². The van der Waals surface area contributed by atoms with Crippen molar-refractivity contribution in [2.24, 2.45) is 0 Å². The molecule has 0 spiro atoms. The Hall–Kier alpha value is -1.93. The molecule has 0 radical (unpaired) electrons. The number of anilines is 1. The van der Waals surface area contributed by atoms with Crippen LogP contribution in [0, 0.1) is 27.7 Å². The third-order valence-electron chi connectivity index (χ3n) is 5.22. The van der Waals surface area contributed by atoms with Crippen LogP contribution in [0.2, 0.25) is 5.02 Å².